The highest BCUT2D eigenvalue weighted by Crippen LogP contribution is 2.38. The second-order valence-electron chi connectivity index (χ2n) is 8.46. The lowest BCUT2D eigenvalue weighted by Crippen LogP contribution is -2.46. The first-order chi connectivity index (χ1) is 16.5. The van der Waals surface area contributed by atoms with E-state index in [-0.39, 0.29) is 5.57 Å². The lowest BCUT2D eigenvalue weighted by molar-refractivity contribution is -0.118. The van der Waals surface area contributed by atoms with Crippen molar-refractivity contribution in [2.45, 2.75) is 25.9 Å². The smallest absolute Gasteiger partial charge is 0.266 e. The number of hydrogen-bond donors (Lipinski definition) is 2. The van der Waals surface area contributed by atoms with Crippen molar-refractivity contribution < 1.29 is 9.32 Å². The summed E-state index contributed by atoms with van der Waals surface area (Å²) >= 11 is 4.61. The van der Waals surface area contributed by atoms with Crippen LogP contribution in [0.3, 0.4) is 0 Å². The Morgan fingerprint density at radius 2 is 1.82 bits per heavy atom. The Morgan fingerprint density at radius 1 is 1.09 bits per heavy atom. The molecule has 1 atom stereocenters. The Kier molecular flexibility index (Phi) is 5.60. The molecular formula is C27H22N4O2S. The van der Waals surface area contributed by atoms with Crippen LogP contribution in [0.4, 0.5) is 5.69 Å². The van der Waals surface area contributed by atoms with Crippen molar-refractivity contribution in [1.82, 2.24) is 10.5 Å². The van der Waals surface area contributed by atoms with Crippen LogP contribution in [0.25, 0.3) is 22.2 Å². The minimum absolute atomic E-state index is 0.0245. The molecule has 0 radical (unpaired) electrons. The average molecular weight is 467 g/mol. The van der Waals surface area contributed by atoms with Gasteiger partial charge in [0, 0.05) is 11.3 Å². The van der Waals surface area contributed by atoms with E-state index >= 15 is 0 Å². The second kappa shape index (κ2) is 8.73. The van der Waals surface area contributed by atoms with Crippen LogP contribution in [0, 0.1) is 11.3 Å². The van der Waals surface area contributed by atoms with Crippen molar-refractivity contribution >= 4 is 35.1 Å². The Balaban J connectivity index is 1.64. The van der Waals surface area contributed by atoms with E-state index in [2.05, 4.69) is 49.1 Å². The maximum absolute atomic E-state index is 12.7. The van der Waals surface area contributed by atoms with Crippen LogP contribution in [-0.4, -0.2) is 11.1 Å². The van der Waals surface area contributed by atoms with Gasteiger partial charge in [-0.05, 0) is 41.3 Å². The molecule has 7 heteroatoms. The Bertz CT molecular complexity index is 1450. The summed E-state index contributed by atoms with van der Waals surface area (Å²) in [6.07, 6.45) is -0.565. The summed E-state index contributed by atoms with van der Waals surface area (Å²) in [6, 6.07) is 25.6. The van der Waals surface area contributed by atoms with Gasteiger partial charge < -0.3 is 14.7 Å². The molecule has 3 aromatic carbocycles. The third kappa shape index (κ3) is 3.72. The van der Waals surface area contributed by atoms with Crippen LogP contribution in [-0.2, 0) is 4.79 Å². The van der Waals surface area contributed by atoms with Gasteiger partial charge in [-0.15, -0.1) is 12.6 Å². The van der Waals surface area contributed by atoms with E-state index in [1.165, 1.54) is 5.56 Å². The van der Waals surface area contributed by atoms with Crippen molar-refractivity contribution in [3.8, 4) is 17.4 Å². The number of rotatable bonds is 4. The van der Waals surface area contributed by atoms with Gasteiger partial charge in [-0.2, -0.15) is 5.26 Å². The number of fused-ring (bicyclic) bond motifs is 1. The first kappa shape index (κ1) is 21.8. The minimum atomic E-state index is -0.565. The van der Waals surface area contributed by atoms with Crippen molar-refractivity contribution in [3.63, 3.8) is 0 Å². The predicted octanol–water partition coefficient (Wildman–Crippen LogP) is 5.92. The molecule has 34 heavy (non-hydrogen) atoms. The predicted molar refractivity (Wildman–Crippen MR) is 135 cm³/mol. The third-order valence-corrected chi connectivity index (χ3v) is 6.45. The van der Waals surface area contributed by atoms with Gasteiger partial charge >= 0.3 is 0 Å². The van der Waals surface area contributed by atoms with Crippen LogP contribution < -0.4 is 10.2 Å². The molecule has 6 nitrogen and oxygen atoms in total. The van der Waals surface area contributed by atoms with Crippen molar-refractivity contribution in [3.05, 3.63) is 94.5 Å². The van der Waals surface area contributed by atoms with Crippen LogP contribution in [0.5, 0.6) is 0 Å². The first-order valence-electron chi connectivity index (χ1n) is 11.0. The zero-order chi connectivity index (χ0) is 23.8. The number of nitrogens with zero attached hydrogens (tertiary/aromatic N) is 3. The van der Waals surface area contributed by atoms with E-state index in [4.69, 9.17) is 4.52 Å². The first-order valence-corrected chi connectivity index (χ1v) is 11.4. The summed E-state index contributed by atoms with van der Waals surface area (Å²) in [4.78, 5) is 14.6. The molecule has 2 heterocycles. The molecule has 0 saturated carbocycles. The molecule has 1 aromatic heterocycles. The van der Waals surface area contributed by atoms with Crippen LogP contribution >= 0.6 is 12.6 Å². The molecule has 4 aromatic rings. The number of aromatic nitrogens is 1. The van der Waals surface area contributed by atoms with Crippen molar-refractivity contribution in [2.75, 3.05) is 4.90 Å². The van der Waals surface area contributed by atoms with E-state index in [1.54, 1.807) is 0 Å². The number of anilines is 1. The van der Waals surface area contributed by atoms with Crippen LogP contribution in [0.15, 0.2) is 87.9 Å². The highest BCUT2D eigenvalue weighted by atomic mass is 32.1. The van der Waals surface area contributed by atoms with E-state index in [1.807, 2.05) is 71.6 Å². The van der Waals surface area contributed by atoms with Crippen LogP contribution in [0.2, 0.25) is 0 Å². The minimum Gasteiger partial charge on any atom is -0.355 e. The SMILES string of the molecule is CC(C)c1ccc(N2C(S)=C(C#N)C(=O)NC2c2ccc3noc(-c4ccccc4)c3c2)cc1. The standard InChI is InChI=1S/C27H22N4O2S/c1-16(2)17-8-11-20(12-9-17)31-25(29-26(32)22(15-28)27(31)34)19-10-13-23-21(14-19)24(33-30-23)18-6-4-3-5-7-18/h3-14,16,25,34H,1-2H3,(H,29,32). The van der Waals surface area contributed by atoms with E-state index in [0.29, 0.717) is 16.7 Å². The van der Waals surface area contributed by atoms with Gasteiger partial charge in [0.15, 0.2) is 5.76 Å². The fourth-order valence-electron chi connectivity index (χ4n) is 4.16. The topological polar surface area (TPSA) is 82.2 Å². The number of carbonyl (C=O) groups is 1. The van der Waals surface area contributed by atoms with Crippen LogP contribution in [0.1, 0.15) is 37.1 Å². The Hall–Kier alpha value is -4.02. The summed E-state index contributed by atoms with van der Waals surface area (Å²) in [6.45, 7) is 4.27. The van der Waals surface area contributed by atoms with E-state index < -0.39 is 12.1 Å². The molecule has 1 N–H and O–H groups in total. The Morgan fingerprint density at radius 3 is 2.50 bits per heavy atom. The lowest BCUT2D eigenvalue weighted by atomic mass is 10.0. The lowest BCUT2D eigenvalue weighted by Gasteiger charge is -2.38. The zero-order valence-electron chi connectivity index (χ0n) is 18.7. The molecule has 0 bridgehead atoms. The van der Waals surface area contributed by atoms with E-state index in [9.17, 15) is 10.1 Å². The number of nitriles is 1. The molecule has 1 amide bonds. The highest BCUT2D eigenvalue weighted by molar-refractivity contribution is 7.84. The molecule has 1 aliphatic rings. The molecule has 168 valence electrons. The molecule has 1 unspecified atom stereocenters. The quantitative estimate of drug-likeness (QED) is 0.365. The number of benzene rings is 3. The fourth-order valence-corrected chi connectivity index (χ4v) is 4.54. The number of nitrogens with one attached hydrogen (secondary N) is 1. The molecule has 0 aliphatic carbocycles. The number of thiol groups is 1. The monoisotopic (exact) mass is 466 g/mol. The van der Waals surface area contributed by atoms with Gasteiger partial charge in [-0.25, -0.2) is 0 Å². The Labute approximate surface area is 202 Å². The molecule has 0 spiro atoms. The number of hydrogen-bond acceptors (Lipinski definition) is 6. The maximum Gasteiger partial charge on any atom is 0.266 e. The summed E-state index contributed by atoms with van der Waals surface area (Å²) in [5, 5.41) is 17.9. The highest BCUT2D eigenvalue weighted by Gasteiger charge is 2.34. The van der Waals surface area contributed by atoms with Gasteiger partial charge in [0.25, 0.3) is 5.91 Å². The van der Waals surface area contributed by atoms with Gasteiger partial charge in [0.05, 0.1) is 10.4 Å². The molecular weight excluding hydrogens is 444 g/mol. The van der Waals surface area contributed by atoms with Crippen molar-refractivity contribution in [1.29, 1.82) is 5.26 Å². The molecule has 5 rings (SSSR count). The van der Waals surface area contributed by atoms with E-state index in [0.717, 1.165) is 27.7 Å². The van der Waals surface area contributed by atoms with Crippen molar-refractivity contribution in [2.24, 2.45) is 0 Å². The number of amides is 1. The summed E-state index contributed by atoms with van der Waals surface area (Å²) in [5.41, 5.74) is 4.45. The molecule has 0 saturated heterocycles. The average Bonchev–Trinajstić information content (AvgIpc) is 3.28. The second-order valence-corrected chi connectivity index (χ2v) is 8.88. The molecule has 1 aliphatic heterocycles. The summed E-state index contributed by atoms with van der Waals surface area (Å²) in [5.74, 6) is 0.590. The zero-order valence-corrected chi connectivity index (χ0v) is 19.6. The third-order valence-electron chi connectivity index (χ3n) is 6.01. The summed E-state index contributed by atoms with van der Waals surface area (Å²) in [7, 11) is 0. The summed E-state index contributed by atoms with van der Waals surface area (Å²) < 4.78 is 5.65. The largest absolute Gasteiger partial charge is 0.355 e. The van der Waals surface area contributed by atoms with Gasteiger partial charge in [-0.1, -0.05) is 67.5 Å². The fraction of sp³-hybridized carbons (Fsp3) is 0.148. The van der Waals surface area contributed by atoms with Gasteiger partial charge in [0.1, 0.15) is 23.3 Å². The maximum atomic E-state index is 12.7. The van der Waals surface area contributed by atoms with Gasteiger partial charge in [-0.3, -0.25) is 4.79 Å². The molecule has 0 fully saturated rings. The normalized spacial score (nSPS) is 16.1. The van der Waals surface area contributed by atoms with Gasteiger partial charge in [0.2, 0.25) is 0 Å². The number of carbonyl (C=O) groups excluding carboxylic acids is 1.